The lowest BCUT2D eigenvalue weighted by molar-refractivity contribution is 0.128. The molecule has 0 bridgehead atoms. The highest BCUT2D eigenvalue weighted by atomic mass is 16.5. The summed E-state index contributed by atoms with van der Waals surface area (Å²) in [4.78, 5) is 10.9. The van der Waals surface area contributed by atoms with Crippen LogP contribution in [0.25, 0.3) is 0 Å². The van der Waals surface area contributed by atoms with Gasteiger partial charge in [0.05, 0.1) is 0 Å². The zero-order valence-electron chi connectivity index (χ0n) is 5.78. The van der Waals surface area contributed by atoms with Crippen molar-refractivity contribution >= 4 is 0 Å². The lowest BCUT2D eigenvalue weighted by Crippen LogP contribution is -2.18. The highest BCUT2D eigenvalue weighted by Crippen LogP contribution is 1.80. The largest absolute Gasteiger partial charge is 0.364 e. The van der Waals surface area contributed by atoms with E-state index in [1.165, 1.54) is 10.6 Å². The van der Waals surface area contributed by atoms with Crippen molar-refractivity contribution in [2.24, 2.45) is 0 Å². The topological polar surface area (TPSA) is 31.2 Å². The minimum absolute atomic E-state index is 0.0376. The van der Waals surface area contributed by atoms with Crippen molar-refractivity contribution in [2.45, 2.75) is 6.73 Å². The summed E-state index contributed by atoms with van der Waals surface area (Å²) in [5.41, 5.74) is -0.0376. The van der Waals surface area contributed by atoms with Crippen LogP contribution in [0.3, 0.4) is 0 Å². The molecule has 0 aliphatic heterocycles. The molecule has 3 heteroatoms. The van der Waals surface area contributed by atoms with Gasteiger partial charge < -0.3 is 4.74 Å². The lowest BCUT2D eigenvalue weighted by atomic mass is 10.5. The number of ether oxygens (including phenoxy) is 1. The minimum Gasteiger partial charge on any atom is -0.364 e. The summed E-state index contributed by atoms with van der Waals surface area (Å²) in [6.07, 6.45) is 1.69. The molecule has 0 aliphatic rings. The molecular formula is C7H9NO2. The third-order valence-electron chi connectivity index (χ3n) is 1.17. The molecule has 0 spiro atoms. The second kappa shape index (κ2) is 3.17. The van der Waals surface area contributed by atoms with Gasteiger partial charge in [0.2, 0.25) is 0 Å². The van der Waals surface area contributed by atoms with Crippen LogP contribution < -0.4 is 5.56 Å². The fourth-order valence-electron chi connectivity index (χ4n) is 0.706. The SMILES string of the molecule is COCn1ccccc1=O. The quantitative estimate of drug-likeness (QED) is 0.595. The maximum atomic E-state index is 10.9. The molecule has 0 N–H and O–H groups in total. The van der Waals surface area contributed by atoms with Gasteiger partial charge in [-0.05, 0) is 6.07 Å². The first kappa shape index (κ1) is 7.02. The predicted molar refractivity (Wildman–Crippen MR) is 37.7 cm³/mol. The number of rotatable bonds is 2. The van der Waals surface area contributed by atoms with Crippen LogP contribution in [0.1, 0.15) is 0 Å². The van der Waals surface area contributed by atoms with Gasteiger partial charge in [-0.15, -0.1) is 0 Å². The highest BCUT2D eigenvalue weighted by Gasteiger charge is 1.88. The Morgan fingerprint density at radius 3 is 3.00 bits per heavy atom. The van der Waals surface area contributed by atoms with Gasteiger partial charge >= 0.3 is 0 Å². The minimum atomic E-state index is -0.0376. The number of aromatic nitrogens is 1. The van der Waals surface area contributed by atoms with Gasteiger partial charge in [0.25, 0.3) is 5.56 Å². The smallest absolute Gasteiger partial charge is 0.252 e. The van der Waals surface area contributed by atoms with Crippen LogP contribution in [0.4, 0.5) is 0 Å². The van der Waals surface area contributed by atoms with Crippen molar-refractivity contribution in [1.29, 1.82) is 0 Å². The average molecular weight is 139 g/mol. The highest BCUT2D eigenvalue weighted by molar-refractivity contribution is 4.92. The van der Waals surface area contributed by atoms with Gasteiger partial charge in [-0.3, -0.25) is 9.36 Å². The fourth-order valence-corrected chi connectivity index (χ4v) is 0.706. The lowest BCUT2D eigenvalue weighted by Gasteiger charge is -2.00. The van der Waals surface area contributed by atoms with Crippen molar-refractivity contribution in [3.63, 3.8) is 0 Å². The van der Waals surface area contributed by atoms with Crippen LogP contribution >= 0.6 is 0 Å². The molecule has 1 aromatic heterocycles. The molecule has 1 rings (SSSR count). The standard InChI is InChI=1S/C7H9NO2/c1-10-6-8-5-3-2-4-7(8)9/h2-5H,6H2,1H3. The summed E-state index contributed by atoms with van der Waals surface area (Å²) in [6, 6.07) is 4.99. The molecule has 0 saturated heterocycles. The van der Waals surface area contributed by atoms with Crippen LogP contribution in [-0.2, 0) is 11.5 Å². The van der Waals surface area contributed by atoms with E-state index in [9.17, 15) is 4.79 Å². The van der Waals surface area contributed by atoms with Crippen molar-refractivity contribution < 1.29 is 4.74 Å². The monoisotopic (exact) mass is 139 g/mol. The van der Waals surface area contributed by atoms with Crippen molar-refractivity contribution in [2.75, 3.05) is 7.11 Å². The van der Waals surface area contributed by atoms with Crippen molar-refractivity contribution in [3.8, 4) is 0 Å². The molecule has 0 atom stereocenters. The van der Waals surface area contributed by atoms with Crippen molar-refractivity contribution in [3.05, 3.63) is 34.7 Å². The molecule has 0 fully saturated rings. The Morgan fingerprint density at radius 1 is 1.60 bits per heavy atom. The van der Waals surface area contributed by atoms with E-state index in [2.05, 4.69) is 0 Å². The van der Waals surface area contributed by atoms with Gasteiger partial charge in [0.15, 0.2) is 0 Å². The average Bonchev–Trinajstić information content (AvgIpc) is 1.94. The first-order valence-corrected chi connectivity index (χ1v) is 2.99. The van der Waals surface area contributed by atoms with Crippen LogP contribution in [0, 0.1) is 0 Å². The summed E-state index contributed by atoms with van der Waals surface area (Å²) in [5.74, 6) is 0. The molecule has 0 aliphatic carbocycles. The van der Waals surface area contributed by atoms with Crippen LogP contribution in [0.5, 0.6) is 0 Å². The molecule has 3 nitrogen and oxygen atoms in total. The summed E-state index contributed by atoms with van der Waals surface area (Å²) in [7, 11) is 1.56. The molecule has 10 heavy (non-hydrogen) atoms. The van der Waals surface area contributed by atoms with Gasteiger partial charge in [0, 0.05) is 19.4 Å². The molecule has 0 radical (unpaired) electrons. The summed E-state index contributed by atoms with van der Waals surface area (Å²) in [6.45, 7) is 0.319. The Balaban J connectivity index is 2.92. The maximum Gasteiger partial charge on any atom is 0.252 e. The third kappa shape index (κ3) is 1.45. The molecule has 1 heterocycles. The van der Waals surface area contributed by atoms with E-state index in [1.807, 2.05) is 0 Å². The number of pyridine rings is 1. The molecule has 0 saturated carbocycles. The normalized spacial score (nSPS) is 9.70. The molecule has 1 aromatic rings. The first-order chi connectivity index (χ1) is 4.84. The Kier molecular flexibility index (Phi) is 2.23. The van der Waals surface area contributed by atoms with Gasteiger partial charge in [0.1, 0.15) is 6.73 Å². The second-order valence-electron chi connectivity index (χ2n) is 1.93. The first-order valence-electron chi connectivity index (χ1n) is 2.99. The van der Waals surface area contributed by atoms with Gasteiger partial charge in [-0.25, -0.2) is 0 Å². The third-order valence-corrected chi connectivity index (χ3v) is 1.17. The zero-order chi connectivity index (χ0) is 7.40. The van der Waals surface area contributed by atoms with E-state index in [-0.39, 0.29) is 5.56 Å². The van der Waals surface area contributed by atoms with Crippen LogP contribution in [0.15, 0.2) is 29.2 Å². The summed E-state index contributed by atoms with van der Waals surface area (Å²) < 4.78 is 6.26. The Bertz CT molecular complexity index is 254. The van der Waals surface area contributed by atoms with Gasteiger partial charge in [-0.1, -0.05) is 6.07 Å². The maximum absolute atomic E-state index is 10.9. The van der Waals surface area contributed by atoms with E-state index in [1.54, 1.807) is 25.4 Å². The molecule has 54 valence electrons. The zero-order valence-corrected chi connectivity index (χ0v) is 5.78. The van der Waals surface area contributed by atoms with E-state index in [4.69, 9.17) is 4.74 Å². The molecule has 0 amide bonds. The van der Waals surface area contributed by atoms with Crippen molar-refractivity contribution in [1.82, 2.24) is 4.57 Å². The Morgan fingerprint density at radius 2 is 2.40 bits per heavy atom. The predicted octanol–water partition coefficient (Wildman–Crippen LogP) is 0.452. The van der Waals surface area contributed by atoms with E-state index >= 15 is 0 Å². The molecule has 0 unspecified atom stereocenters. The van der Waals surface area contributed by atoms with E-state index in [0.29, 0.717) is 6.73 Å². The fraction of sp³-hybridized carbons (Fsp3) is 0.286. The number of hydrogen-bond donors (Lipinski definition) is 0. The van der Waals surface area contributed by atoms with Crippen LogP contribution in [0.2, 0.25) is 0 Å². The summed E-state index contributed by atoms with van der Waals surface area (Å²) >= 11 is 0. The Labute approximate surface area is 58.9 Å². The number of nitrogens with zero attached hydrogens (tertiary/aromatic N) is 1. The van der Waals surface area contributed by atoms with E-state index < -0.39 is 0 Å². The summed E-state index contributed by atoms with van der Waals surface area (Å²) in [5, 5.41) is 0. The Hall–Kier alpha value is -1.09. The second-order valence-corrected chi connectivity index (χ2v) is 1.93. The van der Waals surface area contributed by atoms with Gasteiger partial charge in [-0.2, -0.15) is 0 Å². The molecular weight excluding hydrogens is 130 g/mol. The van der Waals surface area contributed by atoms with E-state index in [0.717, 1.165) is 0 Å². The number of hydrogen-bond acceptors (Lipinski definition) is 2. The van der Waals surface area contributed by atoms with Crippen LogP contribution in [-0.4, -0.2) is 11.7 Å². The molecule has 0 aromatic carbocycles. The number of methoxy groups -OCH3 is 1.